The summed E-state index contributed by atoms with van der Waals surface area (Å²) in [4.78, 5) is 40.8. The molecule has 1 saturated heterocycles. The second kappa shape index (κ2) is 10.6. The second-order valence-corrected chi connectivity index (χ2v) is 10.4. The fourth-order valence-electron chi connectivity index (χ4n) is 5.72. The number of anilines is 3. The lowest BCUT2D eigenvalue weighted by molar-refractivity contribution is 0.101. The van der Waals surface area contributed by atoms with Gasteiger partial charge in [-0.1, -0.05) is 6.07 Å². The van der Waals surface area contributed by atoms with E-state index in [4.69, 9.17) is 0 Å². The largest absolute Gasteiger partial charge is 0.369 e. The molecule has 0 saturated carbocycles. The molecular weight excluding hydrogens is 533 g/mol. The van der Waals surface area contributed by atoms with E-state index in [1.54, 1.807) is 24.3 Å². The van der Waals surface area contributed by atoms with Crippen LogP contribution in [0.5, 0.6) is 0 Å². The van der Waals surface area contributed by atoms with Crippen LogP contribution in [0.15, 0.2) is 83.7 Å². The van der Waals surface area contributed by atoms with E-state index in [1.165, 1.54) is 36.4 Å². The van der Waals surface area contributed by atoms with E-state index in [0.717, 1.165) is 24.2 Å². The molecule has 6 rings (SSSR count). The van der Waals surface area contributed by atoms with Gasteiger partial charge in [-0.05, 0) is 73.0 Å². The van der Waals surface area contributed by atoms with Gasteiger partial charge in [0.15, 0.2) is 11.6 Å². The molecule has 2 atom stereocenters. The summed E-state index contributed by atoms with van der Waals surface area (Å²) < 4.78 is 42.3. The van der Waals surface area contributed by atoms with Crippen LogP contribution in [0.3, 0.4) is 0 Å². The maximum Gasteiger partial charge on any atom is 0.255 e. The van der Waals surface area contributed by atoms with Crippen molar-refractivity contribution in [2.45, 2.75) is 18.9 Å². The maximum atomic E-state index is 13.7. The molecule has 2 bridgehead atoms. The van der Waals surface area contributed by atoms with Gasteiger partial charge in [0, 0.05) is 60.2 Å². The van der Waals surface area contributed by atoms with Crippen molar-refractivity contribution in [3.8, 4) is 0 Å². The van der Waals surface area contributed by atoms with Gasteiger partial charge in [-0.15, -0.1) is 0 Å². The van der Waals surface area contributed by atoms with Gasteiger partial charge < -0.3 is 20.1 Å². The Labute approximate surface area is 233 Å². The number of carbonyl (C=O) groups excluding carboxylic acids is 2. The monoisotopic (exact) mass is 558 g/mol. The zero-order valence-corrected chi connectivity index (χ0v) is 21.7. The highest BCUT2D eigenvalue weighted by atomic mass is 19.2. The summed E-state index contributed by atoms with van der Waals surface area (Å²) >= 11 is 0. The van der Waals surface area contributed by atoms with Crippen molar-refractivity contribution in [3.63, 3.8) is 0 Å². The molecule has 0 unspecified atom stereocenters. The normalized spacial score (nSPS) is 17.5. The predicted molar refractivity (Wildman–Crippen MR) is 149 cm³/mol. The van der Waals surface area contributed by atoms with Crippen LogP contribution >= 0.6 is 0 Å². The number of aromatic nitrogens is 1. The van der Waals surface area contributed by atoms with Crippen LogP contribution in [0.25, 0.3) is 0 Å². The number of hydrogen-bond donors (Lipinski definition) is 2. The summed E-state index contributed by atoms with van der Waals surface area (Å²) in [5.41, 5.74) is 2.49. The lowest BCUT2D eigenvalue weighted by Gasteiger charge is -2.44. The van der Waals surface area contributed by atoms with E-state index < -0.39 is 29.3 Å². The Bertz CT molecular complexity index is 1720. The van der Waals surface area contributed by atoms with Crippen molar-refractivity contribution in [1.82, 2.24) is 4.57 Å². The Kier molecular flexibility index (Phi) is 6.82. The zero-order chi connectivity index (χ0) is 28.7. The van der Waals surface area contributed by atoms with Crippen LogP contribution in [-0.2, 0) is 6.54 Å². The van der Waals surface area contributed by atoms with E-state index in [1.807, 2.05) is 10.6 Å². The Morgan fingerprint density at radius 2 is 1.51 bits per heavy atom. The van der Waals surface area contributed by atoms with Crippen LogP contribution in [0.2, 0.25) is 0 Å². The van der Waals surface area contributed by atoms with Crippen molar-refractivity contribution in [1.29, 1.82) is 0 Å². The summed E-state index contributed by atoms with van der Waals surface area (Å²) in [7, 11) is 0. The number of nitrogens with zero attached hydrogens (tertiary/aromatic N) is 2. The third-order valence-electron chi connectivity index (χ3n) is 7.61. The number of nitrogens with one attached hydrogen (secondary N) is 2. The molecule has 2 amide bonds. The van der Waals surface area contributed by atoms with Gasteiger partial charge in [0.1, 0.15) is 5.82 Å². The standard InChI is InChI=1S/C31H25F3N4O3/c32-22-7-4-19(5-8-22)30(40)36-26-13-20(31(41)35-23-9-10-24(33)25(34)14-23)6-11-28(26)37-15-18-12-21(17-37)27-2-1-3-29(39)38(27)16-18/h1-11,13-14,18,21H,12,15-17H2,(H,35,41)(H,36,40)/t18-,21+/m1/s1. The molecule has 10 heteroatoms. The summed E-state index contributed by atoms with van der Waals surface area (Å²) in [6.07, 6.45) is 0.936. The summed E-state index contributed by atoms with van der Waals surface area (Å²) in [5, 5.41) is 5.41. The van der Waals surface area contributed by atoms with Gasteiger partial charge in [0.2, 0.25) is 0 Å². The Balaban J connectivity index is 1.32. The first-order valence-electron chi connectivity index (χ1n) is 13.2. The predicted octanol–water partition coefficient (Wildman–Crippen LogP) is 5.39. The summed E-state index contributed by atoms with van der Waals surface area (Å²) in [6.45, 7) is 1.82. The molecule has 2 N–H and O–H groups in total. The van der Waals surface area contributed by atoms with Crippen molar-refractivity contribution >= 4 is 28.9 Å². The van der Waals surface area contributed by atoms with E-state index in [2.05, 4.69) is 15.5 Å². The number of pyridine rings is 1. The molecular formula is C31H25F3N4O3. The number of rotatable bonds is 5. The third kappa shape index (κ3) is 5.32. The number of carbonyl (C=O) groups is 2. The molecule has 3 aromatic carbocycles. The van der Waals surface area contributed by atoms with Gasteiger partial charge in [0.25, 0.3) is 17.4 Å². The van der Waals surface area contributed by atoms with Crippen LogP contribution in [-0.4, -0.2) is 29.5 Å². The van der Waals surface area contributed by atoms with Crippen LogP contribution in [0, 0.1) is 23.4 Å². The summed E-state index contributed by atoms with van der Waals surface area (Å²) in [5.74, 6) is -3.35. The average Bonchev–Trinajstić information content (AvgIpc) is 2.96. The minimum absolute atomic E-state index is 0.0192. The SMILES string of the molecule is O=C(Nc1ccc(F)c(F)c1)c1ccc(N2C[C@H]3C[C@@H](C2)c2cccc(=O)n2C3)c(NC(=O)c2ccc(F)cc2)c1. The van der Waals surface area contributed by atoms with Crippen LogP contribution in [0.1, 0.15) is 38.7 Å². The van der Waals surface area contributed by atoms with Gasteiger partial charge in [-0.2, -0.15) is 0 Å². The van der Waals surface area contributed by atoms with Crippen molar-refractivity contribution < 1.29 is 22.8 Å². The molecule has 41 heavy (non-hydrogen) atoms. The number of halogens is 3. The fraction of sp³-hybridized carbons (Fsp3) is 0.194. The van der Waals surface area contributed by atoms with Crippen molar-refractivity contribution in [2.24, 2.45) is 5.92 Å². The zero-order valence-electron chi connectivity index (χ0n) is 21.7. The quantitative estimate of drug-likeness (QED) is 0.344. The number of piperidine rings is 1. The van der Waals surface area contributed by atoms with Gasteiger partial charge in [0.05, 0.1) is 11.4 Å². The average molecular weight is 559 g/mol. The number of amides is 2. The third-order valence-corrected chi connectivity index (χ3v) is 7.61. The van der Waals surface area contributed by atoms with Crippen LogP contribution in [0.4, 0.5) is 30.2 Å². The molecule has 7 nitrogen and oxygen atoms in total. The Morgan fingerprint density at radius 1 is 0.756 bits per heavy atom. The number of hydrogen-bond acceptors (Lipinski definition) is 4. The van der Waals surface area contributed by atoms with Crippen molar-refractivity contribution in [2.75, 3.05) is 28.6 Å². The molecule has 4 aromatic rings. The number of benzene rings is 3. The van der Waals surface area contributed by atoms with Gasteiger partial charge >= 0.3 is 0 Å². The molecule has 208 valence electrons. The van der Waals surface area contributed by atoms with E-state index in [9.17, 15) is 27.6 Å². The highest BCUT2D eigenvalue weighted by Gasteiger charge is 2.35. The Hall–Kier alpha value is -4.86. The first kappa shape index (κ1) is 26.4. The molecule has 3 heterocycles. The molecule has 0 radical (unpaired) electrons. The smallest absolute Gasteiger partial charge is 0.255 e. The van der Waals surface area contributed by atoms with E-state index >= 15 is 0 Å². The van der Waals surface area contributed by atoms with Crippen molar-refractivity contribution in [3.05, 3.63) is 123 Å². The first-order chi connectivity index (χ1) is 19.7. The Morgan fingerprint density at radius 3 is 2.29 bits per heavy atom. The van der Waals surface area contributed by atoms with Gasteiger partial charge in [-0.3, -0.25) is 14.4 Å². The maximum absolute atomic E-state index is 13.7. The topological polar surface area (TPSA) is 83.4 Å². The minimum atomic E-state index is -1.09. The van der Waals surface area contributed by atoms with E-state index in [-0.39, 0.29) is 34.2 Å². The second-order valence-electron chi connectivity index (χ2n) is 10.4. The van der Waals surface area contributed by atoms with Crippen LogP contribution < -0.4 is 21.1 Å². The first-order valence-corrected chi connectivity index (χ1v) is 13.2. The molecule has 0 aliphatic carbocycles. The highest BCUT2D eigenvalue weighted by molar-refractivity contribution is 6.09. The molecule has 0 spiro atoms. The highest BCUT2D eigenvalue weighted by Crippen LogP contribution is 2.39. The van der Waals surface area contributed by atoms with Gasteiger partial charge in [-0.25, -0.2) is 13.2 Å². The lowest BCUT2D eigenvalue weighted by atomic mass is 9.83. The number of fused-ring (bicyclic) bond motifs is 4. The fourth-order valence-corrected chi connectivity index (χ4v) is 5.72. The molecule has 2 aliphatic rings. The summed E-state index contributed by atoms with van der Waals surface area (Å²) in [6, 6.07) is 18.3. The molecule has 1 aromatic heterocycles. The van der Waals surface area contributed by atoms with E-state index in [0.29, 0.717) is 31.0 Å². The minimum Gasteiger partial charge on any atom is -0.369 e. The molecule has 2 aliphatic heterocycles. The lowest BCUT2D eigenvalue weighted by Crippen LogP contribution is -2.47. The molecule has 1 fully saturated rings.